The van der Waals surface area contributed by atoms with Crippen molar-refractivity contribution < 1.29 is 9.53 Å². The standard InChI is InChI=1S/C15H15BrN2O2/c1-9-5-10(7-11(17)6-9)15(19)18-12-3-4-13(16)14(8-12)20-2/h3-8H,17H2,1-2H3,(H,18,19). The SMILES string of the molecule is COc1cc(NC(=O)c2cc(C)cc(N)c2)ccc1Br. The van der Waals surface area contributed by atoms with Crippen molar-refractivity contribution in [3.05, 3.63) is 52.0 Å². The molecular weight excluding hydrogens is 320 g/mol. The first-order valence-electron chi connectivity index (χ1n) is 6.01. The van der Waals surface area contributed by atoms with Crippen molar-refractivity contribution in [3.8, 4) is 5.75 Å². The van der Waals surface area contributed by atoms with Gasteiger partial charge in [0.05, 0.1) is 11.6 Å². The van der Waals surface area contributed by atoms with Gasteiger partial charge in [-0.1, -0.05) is 0 Å². The van der Waals surface area contributed by atoms with Crippen LogP contribution in [-0.2, 0) is 0 Å². The van der Waals surface area contributed by atoms with E-state index < -0.39 is 0 Å². The Kier molecular flexibility index (Phi) is 4.29. The maximum absolute atomic E-state index is 12.2. The molecule has 20 heavy (non-hydrogen) atoms. The fourth-order valence-corrected chi connectivity index (χ4v) is 2.29. The van der Waals surface area contributed by atoms with Crippen molar-refractivity contribution in [1.82, 2.24) is 0 Å². The van der Waals surface area contributed by atoms with E-state index in [1.807, 2.05) is 19.1 Å². The van der Waals surface area contributed by atoms with Crippen LogP contribution in [0.2, 0.25) is 0 Å². The van der Waals surface area contributed by atoms with Crippen LogP contribution in [0.1, 0.15) is 15.9 Å². The van der Waals surface area contributed by atoms with Gasteiger partial charge >= 0.3 is 0 Å². The Bertz CT molecular complexity index is 636. The predicted molar refractivity (Wildman–Crippen MR) is 84.2 cm³/mol. The Morgan fingerprint density at radius 3 is 2.65 bits per heavy atom. The van der Waals surface area contributed by atoms with E-state index in [4.69, 9.17) is 10.5 Å². The van der Waals surface area contributed by atoms with Gasteiger partial charge in [-0.05, 0) is 58.7 Å². The molecule has 0 saturated heterocycles. The number of aryl methyl sites for hydroxylation is 1. The van der Waals surface area contributed by atoms with Gasteiger partial charge in [-0.3, -0.25) is 4.79 Å². The van der Waals surface area contributed by atoms with Gasteiger partial charge in [0.1, 0.15) is 5.75 Å². The summed E-state index contributed by atoms with van der Waals surface area (Å²) in [6.07, 6.45) is 0. The summed E-state index contributed by atoms with van der Waals surface area (Å²) in [4.78, 5) is 12.2. The number of nitrogen functional groups attached to an aromatic ring is 1. The number of benzene rings is 2. The van der Waals surface area contributed by atoms with Gasteiger partial charge in [0, 0.05) is 23.0 Å². The molecule has 0 aromatic heterocycles. The van der Waals surface area contributed by atoms with Crippen molar-refractivity contribution in [2.45, 2.75) is 6.92 Å². The second-order valence-electron chi connectivity index (χ2n) is 4.44. The minimum atomic E-state index is -0.204. The van der Waals surface area contributed by atoms with Crippen molar-refractivity contribution in [1.29, 1.82) is 0 Å². The summed E-state index contributed by atoms with van der Waals surface area (Å²) in [5.41, 5.74) is 8.46. The number of nitrogens with two attached hydrogens (primary N) is 1. The largest absolute Gasteiger partial charge is 0.495 e. The topological polar surface area (TPSA) is 64.3 Å². The van der Waals surface area contributed by atoms with Crippen LogP contribution >= 0.6 is 15.9 Å². The van der Waals surface area contributed by atoms with E-state index in [9.17, 15) is 4.79 Å². The lowest BCUT2D eigenvalue weighted by Gasteiger charge is -2.09. The zero-order valence-corrected chi connectivity index (χ0v) is 12.8. The van der Waals surface area contributed by atoms with Gasteiger partial charge in [0.15, 0.2) is 0 Å². The summed E-state index contributed by atoms with van der Waals surface area (Å²) in [6, 6.07) is 10.6. The molecule has 1 amide bonds. The molecule has 0 unspecified atom stereocenters. The third-order valence-corrected chi connectivity index (χ3v) is 3.43. The number of halogens is 1. The third kappa shape index (κ3) is 3.30. The molecule has 2 aromatic carbocycles. The molecule has 0 fully saturated rings. The number of nitrogens with one attached hydrogen (secondary N) is 1. The summed E-state index contributed by atoms with van der Waals surface area (Å²) in [5, 5.41) is 2.82. The Hall–Kier alpha value is -2.01. The number of methoxy groups -OCH3 is 1. The number of hydrogen-bond acceptors (Lipinski definition) is 3. The molecule has 0 bridgehead atoms. The van der Waals surface area contributed by atoms with Crippen molar-refractivity contribution >= 4 is 33.2 Å². The molecule has 0 aliphatic heterocycles. The highest BCUT2D eigenvalue weighted by Gasteiger charge is 2.09. The third-order valence-electron chi connectivity index (χ3n) is 2.77. The summed E-state index contributed by atoms with van der Waals surface area (Å²) in [7, 11) is 1.58. The maximum atomic E-state index is 12.2. The average Bonchev–Trinajstić information content (AvgIpc) is 2.39. The molecule has 2 aromatic rings. The van der Waals surface area contributed by atoms with E-state index in [1.54, 1.807) is 31.4 Å². The van der Waals surface area contributed by atoms with Crippen LogP contribution in [0.4, 0.5) is 11.4 Å². The van der Waals surface area contributed by atoms with E-state index in [-0.39, 0.29) is 5.91 Å². The minimum Gasteiger partial charge on any atom is -0.495 e. The summed E-state index contributed by atoms with van der Waals surface area (Å²) < 4.78 is 6.02. The quantitative estimate of drug-likeness (QED) is 0.843. The van der Waals surface area contributed by atoms with Crippen molar-refractivity contribution in [2.75, 3.05) is 18.2 Å². The molecule has 2 rings (SSSR count). The molecule has 3 N–H and O–H groups in total. The fraction of sp³-hybridized carbons (Fsp3) is 0.133. The molecule has 5 heteroatoms. The van der Waals surface area contributed by atoms with E-state index in [1.165, 1.54) is 0 Å². The molecule has 0 atom stereocenters. The van der Waals surface area contributed by atoms with Gasteiger partial charge in [0.2, 0.25) is 0 Å². The Balaban J connectivity index is 2.23. The Morgan fingerprint density at radius 2 is 2.00 bits per heavy atom. The first kappa shape index (κ1) is 14.4. The van der Waals surface area contributed by atoms with Crippen LogP contribution in [0.25, 0.3) is 0 Å². The maximum Gasteiger partial charge on any atom is 0.255 e. The lowest BCUT2D eigenvalue weighted by Crippen LogP contribution is -2.12. The number of amides is 1. The van der Waals surface area contributed by atoms with Crippen molar-refractivity contribution in [2.24, 2.45) is 0 Å². The van der Waals surface area contributed by atoms with Crippen LogP contribution < -0.4 is 15.8 Å². The number of hydrogen-bond donors (Lipinski definition) is 2. The molecule has 0 spiro atoms. The van der Waals surface area contributed by atoms with Crippen LogP contribution in [0.5, 0.6) is 5.75 Å². The van der Waals surface area contributed by atoms with Gasteiger partial charge in [-0.15, -0.1) is 0 Å². The highest BCUT2D eigenvalue weighted by Crippen LogP contribution is 2.28. The van der Waals surface area contributed by atoms with Gasteiger partial charge in [-0.2, -0.15) is 0 Å². The smallest absolute Gasteiger partial charge is 0.255 e. The molecule has 0 aliphatic carbocycles. The first-order valence-corrected chi connectivity index (χ1v) is 6.81. The zero-order valence-electron chi connectivity index (χ0n) is 11.2. The molecular formula is C15H15BrN2O2. The van der Waals surface area contributed by atoms with E-state index in [2.05, 4.69) is 21.2 Å². The van der Waals surface area contributed by atoms with E-state index in [0.717, 1.165) is 10.0 Å². The fourth-order valence-electron chi connectivity index (χ4n) is 1.88. The lowest BCUT2D eigenvalue weighted by molar-refractivity contribution is 0.102. The van der Waals surface area contributed by atoms with Gasteiger partial charge in [0.25, 0.3) is 5.91 Å². The number of rotatable bonds is 3. The number of carbonyl (C=O) groups excluding carboxylic acids is 1. The van der Waals surface area contributed by atoms with Crippen LogP contribution in [0.3, 0.4) is 0 Å². The minimum absolute atomic E-state index is 0.204. The van der Waals surface area contributed by atoms with E-state index in [0.29, 0.717) is 22.7 Å². The van der Waals surface area contributed by atoms with Gasteiger partial charge in [-0.25, -0.2) is 0 Å². The number of carbonyl (C=O) groups is 1. The van der Waals surface area contributed by atoms with Crippen LogP contribution in [-0.4, -0.2) is 13.0 Å². The number of anilines is 2. The molecule has 0 radical (unpaired) electrons. The second kappa shape index (κ2) is 5.96. The van der Waals surface area contributed by atoms with E-state index >= 15 is 0 Å². The molecule has 0 saturated carbocycles. The average molecular weight is 335 g/mol. The zero-order chi connectivity index (χ0) is 14.7. The normalized spacial score (nSPS) is 10.2. The lowest BCUT2D eigenvalue weighted by atomic mass is 10.1. The Labute approximate surface area is 126 Å². The summed E-state index contributed by atoms with van der Waals surface area (Å²) in [6.45, 7) is 1.90. The molecule has 0 heterocycles. The monoisotopic (exact) mass is 334 g/mol. The van der Waals surface area contributed by atoms with Gasteiger partial charge < -0.3 is 15.8 Å². The highest BCUT2D eigenvalue weighted by atomic mass is 79.9. The molecule has 0 aliphatic rings. The Morgan fingerprint density at radius 1 is 1.25 bits per heavy atom. The van der Waals surface area contributed by atoms with Crippen LogP contribution in [0.15, 0.2) is 40.9 Å². The second-order valence-corrected chi connectivity index (χ2v) is 5.29. The summed E-state index contributed by atoms with van der Waals surface area (Å²) >= 11 is 3.37. The molecule has 104 valence electrons. The number of ether oxygens (including phenoxy) is 1. The first-order chi connectivity index (χ1) is 9.49. The molecule has 4 nitrogen and oxygen atoms in total. The highest BCUT2D eigenvalue weighted by molar-refractivity contribution is 9.10. The van der Waals surface area contributed by atoms with Crippen molar-refractivity contribution in [3.63, 3.8) is 0 Å². The summed E-state index contributed by atoms with van der Waals surface area (Å²) in [5.74, 6) is 0.455. The predicted octanol–water partition coefficient (Wildman–Crippen LogP) is 3.60. The van der Waals surface area contributed by atoms with Crippen LogP contribution in [0, 0.1) is 6.92 Å².